The standard InChI is InChI=1S/C12H10N2.2C6H11.2HI.Sn/c1-3-9-5-6-10-4-2-8-14-12(10)11(9)13-7-1;2*1-2-4-6-5-3-1;;;/h1-6H,7-8H2;2*1H,2-6H2;2*1H;/q-2;;;;;+2/p-2. The van der Waals surface area contributed by atoms with E-state index in [1.165, 1.54) is 31.8 Å². The molecule has 158 valence electrons. The number of hydrogen-bond donors (Lipinski definition) is 0. The molecule has 5 rings (SSSR count). The van der Waals surface area contributed by atoms with Gasteiger partial charge in [0.25, 0.3) is 0 Å². The molecule has 4 aliphatic rings. The quantitative estimate of drug-likeness (QED) is 0.215. The van der Waals surface area contributed by atoms with E-state index in [2.05, 4.69) is 84.3 Å². The van der Waals surface area contributed by atoms with Crippen molar-refractivity contribution in [3.05, 3.63) is 46.0 Å². The molecule has 0 N–H and O–H groups in total. The summed E-state index contributed by atoms with van der Waals surface area (Å²) in [7, 11) is -1.75. The van der Waals surface area contributed by atoms with Crippen LogP contribution in [0.15, 0.2) is 24.3 Å². The van der Waals surface area contributed by atoms with Crippen LogP contribution in [-0.4, -0.2) is 23.5 Å². The van der Waals surface area contributed by atoms with Crippen molar-refractivity contribution in [2.24, 2.45) is 0 Å². The number of fused-ring (bicyclic) bond motifs is 3. The van der Waals surface area contributed by atoms with Gasteiger partial charge in [0, 0.05) is 0 Å². The summed E-state index contributed by atoms with van der Waals surface area (Å²) in [5.41, 5.74) is 4.51. The Bertz CT molecular complexity index is 686. The Morgan fingerprint density at radius 3 is 1.48 bits per heavy atom. The minimum atomic E-state index is -1.75. The summed E-state index contributed by atoms with van der Waals surface area (Å²) in [6.45, 7) is 1.56. The Kier molecular flexibility index (Phi) is 8.57. The summed E-state index contributed by atoms with van der Waals surface area (Å²) in [5, 5.41) is 8.98. The van der Waals surface area contributed by atoms with E-state index >= 15 is 0 Å². The van der Waals surface area contributed by atoms with Crippen LogP contribution in [0.2, 0.25) is 7.87 Å². The summed E-state index contributed by atoms with van der Waals surface area (Å²) in [6.07, 6.45) is 24.0. The van der Waals surface area contributed by atoms with E-state index in [0.717, 1.165) is 24.5 Å². The third kappa shape index (κ3) is 5.68. The van der Waals surface area contributed by atoms with Crippen molar-refractivity contribution in [2.45, 2.75) is 72.1 Å². The molecule has 1 aromatic rings. The van der Waals surface area contributed by atoms with Gasteiger partial charge in [0.2, 0.25) is 0 Å². The summed E-state index contributed by atoms with van der Waals surface area (Å²) in [4.78, 5) is 0. The van der Waals surface area contributed by atoms with Gasteiger partial charge in [-0.3, -0.25) is 0 Å². The Hall–Kier alpha value is 0.559. The monoisotopic (exact) mass is 722 g/mol. The van der Waals surface area contributed by atoms with Gasteiger partial charge >= 0.3 is 120 Å². The molecule has 2 aliphatic carbocycles. The van der Waals surface area contributed by atoms with E-state index in [-0.39, 0.29) is 0 Å². The third-order valence-corrected chi connectivity index (χ3v) is 40.0. The Morgan fingerprint density at radius 2 is 1.07 bits per heavy atom. The molecule has 0 radical (unpaired) electrons. The normalized spacial score (nSPS) is 21.9. The molecule has 5 heteroatoms. The van der Waals surface area contributed by atoms with Crippen LogP contribution in [0, 0.1) is 0 Å². The number of hydrogen-bond acceptors (Lipinski definition) is 0. The van der Waals surface area contributed by atoms with Gasteiger partial charge in [-0.25, -0.2) is 0 Å². The Morgan fingerprint density at radius 1 is 0.655 bits per heavy atom. The van der Waals surface area contributed by atoms with Crippen molar-refractivity contribution in [1.82, 2.24) is 0 Å². The molecule has 0 atom stereocenters. The molecule has 0 spiro atoms. The van der Waals surface area contributed by atoms with Crippen molar-refractivity contribution < 1.29 is 0 Å². The molecular formula is C24H32I2N2Sn-2. The van der Waals surface area contributed by atoms with Crippen LogP contribution >= 0.6 is 37.3 Å². The molecular weight excluding hydrogens is 689 g/mol. The fourth-order valence-corrected chi connectivity index (χ4v) is 30.5. The van der Waals surface area contributed by atoms with E-state index in [1.54, 1.807) is 51.4 Å². The van der Waals surface area contributed by atoms with Gasteiger partial charge < -0.3 is 10.6 Å². The van der Waals surface area contributed by atoms with Crippen LogP contribution in [-0.2, 0) is 0 Å². The molecule has 0 aromatic heterocycles. The van der Waals surface area contributed by atoms with E-state index in [0.29, 0.717) is 0 Å². The number of halogens is 2. The second-order valence-electron chi connectivity index (χ2n) is 8.77. The molecule has 1 aromatic carbocycles. The van der Waals surface area contributed by atoms with Crippen molar-refractivity contribution >= 4 is 71.2 Å². The van der Waals surface area contributed by atoms with Crippen LogP contribution in [0.3, 0.4) is 0 Å². The first-order valence-corrected chi connectivity index (χ1v) is 31.3. The molecule has 2 heterocycles. The minimum absolute atomic E-state index is 0.780. The predicted octanol–water partition coefficient (Wildman–Crippen LogP) is 9.72. The predicted molar refractivity (Wildman–Crippen MR) is 148 cm³/mol. The SMILES string of the molecule is C1=Cc2ccc3c(c2[N-]C1)[N-]CC=C3.[I][Sn]([I])([CH]1CCCCC1)[CH]1CCCCC1. The van der Waals surface area contributed by atoms with Crippen LogP contribution in [0.1, 0.15) is 75.3 Å². The molecule has 0 unspecified atom stereocenters. The fraction of sp³-hybridized carbons (Fsp3) is 0.583. The second-order valence-corrected chi connectivity index (χ2v) is 55.1. The molecule has 0 amide bonds. The molecule has 2 fully saturated rings. The van der Waals surface area contributed by atoms with Gasteiger partial charge in [-0.1, -0.05) is 24.3 Å². The van der Waals surface area contributed by atoms with Gasteiger partial charge in [-0.2, -0.15) is 0 Å². The van der Waals surface area contributed by atoms with Gasteiger partial charge in [0.15, 0.2) is 0 Å². The van der Waals surface area contributed by atoms with Crippen molar-refractivity contribution in [2.75, 3.05) is 13.1 Å². The number of nitrogens with zero attached hydrogens (tertiary/aromatic N) is 2. The Labute approximate surface area is 200 Å². The third-order valence-electron chi connectivity index (χ3n) is 6.82. The zero-order valence-corrected chi connectivity index (χ0v) is 24.4. The van der Waals surface area contributed by atoms with Gasteiger partial charge in [0.05, 0.1) is 0 Å². The van der Waals surface area contributed by atoms with E-state index in [4.69, 9.17) is 0 Å². The van der Waals surface area contributed by atoms with E-state index < -0.39 is 10.4 Å². The van der Waals surface area contributed by atoms with Crippen LogP contribution in [0.25, 0.3) is 22.8 Å². The zero-order chi connectivity index (χ0) is 20.1. The first kappa shape index (κ1) is 22.7. The van der Waals surface area contributed by atoms with Gasteiger partial charge in [-0.15, -0.1) is 36.6 Å². The average molecular weight is 721 g/mol. The molecule has 29 heavy (non-hydrogen) atoms. The summed E-state index contributed by atoms with van der Waals surface area (Å²) in [6, 6.07) is 4.22. The average Bonchev–Trinajstić information content (AvgIpc) is 2.80. The van der Waals surface area contributed by atoms with Crippen LogP contribution in [0.4, 0.5) is 11.4 Å². The van der Waals surface area contributed by atoms with Crippen molar-refractivity contribution in [3.8, 4) is 0 Å². The Balaban J connectivity index is 0.000000141. The first-order chi connectivity index (χ1) is 14.2. The van der Waals surface area contributed by atoms with E-state index in [1.807, 2.05) is 0 Å². The van der Waals surface area contributed by atoms with E-state index in [9.17, 15) is 0 Å². The first-order valence-electron chi connectivity index (χ1n) is 11.4. The zero-order valence-electron chi connectivity index (χ0n) is 17.3. The molecule has 2 aliphatic heterocycles. The number of rotatable bonds is 2. The molecule has 0 bridgehead atoms. The fourth-order valence-electron chi connectivity index (χ4n) is 5.17. The summed E-state index contributed by atoms with van der Waals surface area (Å²) < 4.78 is 2.44. The number of benzene rings is 1. The van der Waals surface area contributed by atoms with Crippen LogP contribution in [0.5, 0.6) is 0 Å². The molecule has 0 saturated heterocycles. The maximum atomic E-state index is 4.49. The van der Waals surface area contributed by atoms with Crippen molar-refractivity contribution in [1.29, 1.82) is 0 Å². The topological polar surface area (TPSA) is 28.2 Å². The van der Waals surface area contributed by atoms with Crippen molar-refractivity contribution in [3.63, 3.8) is 0 Å². The summed E-state index contributed by atoms with van der Waals surface area (Å²) in [5.74, 6) is 0. The molecule has 2 saturated carbocycles. The second kappa shape index (κ2) is 10.9. The van der Waals surface area contributed by atoms with Crippen LogP contribution < -0.4 is 0 Å². The van der Waals surface area contributed by atoms with Gasteiger partial charge in [-0.05, 0) is 11.1 Å². The van der Waals surface area contributed by atoms with Gasteiger partial charge in [0.1, 0.15) is 0 Å². The summed E-state index contributed by atoms with van der Waals surface area (Å²) >= 11 is 6.02. The maximum absolute atomic E-state index is 4.49. The molecule has 2 nitrogen and oxygen atoms in total.